The first-order valence-corrected chi connectivity index (χ1v) is 9.78. The molecular weight excluding hydrogens is 360 g/mol. The van der Waals surface area contributed by atoms with Crippen LogP contribution in [0.3, 0.4) is 0 Å². The van der Waals surface area contributed by atoms with Crippen LogP contribution in [0, 0.1) is 0 Å². The Hall–Kier alpha value is -2.18. The lowest BCUT2D eigenvalue weighted by Gasteiger charge is -2.29. The first-order chi connectivity index (χ1) is 13.5. The highest BCUT2D eigenvalue weighted by molar-refractivity contribution is 5.78. The Kier molecular flexibility index (Phi) is 9.17. The van der Waals surface area contributed by atoms with Crippen molar-refractivity contribution in [3.05, 3.63) is 41.9 Å². The van der Waals surface area contributed by atoms with E-state index in [4.69, 9.17) is 15.2 Å². The van der Waals surface area contributed by atoms with E-state index in [0.717, 1.165) is 38.5 Å². The fourth-order valence-corrected chi connectivity index (χ4v) is 2.87. The third-order valence-corrected chi connectivity index (χ3v) is 4.65. The number of pyridine rings is 1. The van der Waals surface area contributed by atoms with Gasteiger partial charge in [-0.15, -0.1) is 5.73 Å². The summed E-state index contributed by atoms with van der Waals surface area (Å²) in [5.74, 6) is -0.803. The van der Waals surface area contributed by atoms with Crippen LogP contribution in [0.1, 0.15) is 44.2 Å². The number of allylic oxidation sites excluding steroid dienone is 1. The van der Waals surface area contributed by atoms with Crippen LogP contribution in [0.5, 0.6) is 5.75 Å². The molecule has 0 spiro atoms. The topological polar surface area (TPSA) is 115 Å². The first kappa shape index (κ1) is 22.1. The van der Waals surface area contributed by atoms with Gasteiger partial charge in [-0.05, 0) is 56.7 Å². The number of nitrogens with zero attached hydrogens (tertiary/aromatic N) is 1. The lowest BCUT2D eigenvalue weighted by atomic mass is 9.89. The summed E-state index contributed by atoms with van der Waals surface area (Å²) in [4.78, 5) is 15.9. The summed E-state index contributed by atoms with van der Waals surface area (Å²) in [7, 11) is 0. The maximum absolute atomic E-state index is 11.7. The van der Waals surface area contributed by atoms with E-state index < -0.39 is 17.6 Å². The van der Waals surface area contributed by atoms with Crippen LogP contribution >= 0.6 is 0 Å². The first-order valence-electron chi connectivity index (χ1n) is 9.78. The van der Waals surface area contributed by atoms with Crippen LogP contribution in [-0.4, -0.2) is 52.6 Å². The molecule has 2 rings (SSSR count). The standard InChI is InChI=1S/C21H30N2O5/c22-19-16-27-12-8-6-4-2-1-3-5-7-9-13-28-18-10-11-23-17(14-18)15-21(19,26)20(24)25/h2-3,10-11,14,19,26H,4-9,12-13,15-16,22H2,(H,24,25)/t1?,19-,21+/m0/s1. The molecule has 154 valence electrons. The van der Waals surface area contributed by atoms with Gasteiger partial charge in [0.2, 0.25) is 0 Å². The third-order valence-electron chi connectivity index (χ3n) is 4.65. The molecule has 7 nitrogen and oxygen atoms in total. The molecule has 0 amide bonds. The molecule has 1 aromatic rings. The van der Waals surface area contributed by atoms with E-state index >= 15 is 0 Å². The minimum absolute atomic E-state index is 0.0469. The van der Waals surface area contributed by atoms with E-state index in [2.05, 4.69) is 10.7 Å². The van der Waals surface area contributed by atoms with Crippen molar-refractivity contribution in [1.29, 1.82) is 0 Å². The van der Waals surface area contributed by atoms with Gasteiger partial charge < -0.3 is 25.4 Å². The number of carboxylic acids is 1. The van der Waals surface area contributed by atoms with E-state index in [9.17, 15) is 15.0 Å². The quantitative estimate of drug-likeness (QED) is 0.630. The summed E-state index contributed by atoms with van der Waals surface area (Å²) in [5, 5.41) is 20.2. The van der Waals surface area contributed by atoms with Gasteiger partial charge in [0.15, 0.2) is 5.60 Å². The number of ether oxygens (including phenoxy) is 2. The Morgan fingerprint density at radius 2 is 1.93 bits per heavy atom. The van der Waals surface area contributed by atoms with Gasteiger partial charge in [-0.25, -0.2) is 4.79 Å². The third kappa shape index (κ3) is 7.09. The molecule has 0 saturated carbocycles. The number of hydrogen-bond donors (Lipinski definition) is 3. The fourth-order valence-electron chi connectivity index (χ4n) is 2.87. The van der Waals surface area contributed by atoms with Crippen LogP contribution in [0.2, 0.25) is 0 Å². The Bertz CT molecular complexity index is 687. The van der Waals surface area contributed by atoms with Crippen molar-refractivity contribution >= 4 is 5.97 Å². The normalized spacial score (nSPS) is 25.6. The van der Waals surface area contributed by atoms with Gasteiger partial charge in [0, 0.05) is 31.0 Å². The van der Waals surface area contributed by atoms with Crippen molar-refractivity contribution in [3.63, 3.8) is 0 Å². The predicted octanol–water partition coefficient (Wildman–Crippen LogP) is 2.23. The van der Waals surface area contributed by atoms with Gasteiger partial charge in [-0.1, -0.05) is 0 Å². The Labute approximate surface area is 165 Å². The molecule has 0 unspecified atom stereocenters. The van der Waals surface area contributed by atoms with Gasteiger partial charge in [-0.3, -0.25) is 4.98 Å². The van der Waals surface area contributed by atoms with E-state index in [0.29, 0.717) is 24.7 Å². The molecule has 1 aliphatic rings. The van der Waals surface area contributed by atoms with Crippen molar-refractivity contribution in [3.8, 4) is 5.75 Å². The second-order valence-corrected chi connectivity index (χ2v) is 6.99. The van der Waals surface area contributed by atoms with E-state index in [-0.39, 0.29) is 13.0 Å². The monoisotopic (exact) mass is 390 g/mol. The molecule has 2 atom stereocenters. The number of rotatable bonds is 1. The molecule has 28 heavy (non-hydrogen) atoms. The minimum atomic E-state index is -2.17. The number of carboxylic acid groups (broad SMARTS) is 1. The summed E-state index contributed by atoms with van der Waals surface area (Å²) < 4.78 is 11.2. The number of carbonyl (C=O) groups is 1. The Morgan fingerprint density at radius 3 is 2.64 bits per heavy atom. The van der Waals surface area contributed by atoms with Crippen molar-refractivity contribution in [2.24, 2.45) is 5.73 Å². The Balaban J connectivity index is 2.10. The lowest BCUT2D eigenvalue weighted by molar-refractivity contribution is -0.162. The van der Waals surface area contributed by atoms with E-state index in [1.165, 1.54) is 6.20 Å². The molecule has 0 fully saturated rings. The Morgan fingerprint density at radius 1 is 1.21 bits per heavy atom. The van der Waals surface area contributed by atoms with Crippen molar-refractivity contribution < 1.29 is 24.5 Å². The average Bonchev–Trinajstić information content (AvgIpc) is 2.67. The molecule has 0 aromatic carbocycles. The van der Waals surface area contributed by atoms with Crippen molar-refractivity contribution in [2.75, 3.05) is 19.8 Å². The van der Waals surface area contributed by atoms with Crippen LogP contribution in [0.25, 0.3) is 0 Å². The second-order valence-electron chi connectivity index (χ2n) is 6.99. The molecule has 4 N–H and O–H groups in total. The van der Waals surface area contributed by atoms with Crippen LogP contribution < -0.4 is 10.5 Å². The lowest BCUT2D eigenvalue weighted by Crippen LogP contribution is -2.57. The van der Waals surface area contributed by atoms with Crippen molar-refractivity contribution in [2.45, 2.75) is 56.6 Å². The highest BCUT2D eigenvalue weighted by Gasteiger charge is 2.43. The van der Waals surface area contributed by atoms with Crippen molar-refractivity contribution in [1.82, 2.24) is 4.98 Å². The number of hydrogen-bond acceptors (Lipinski definition) is 6. The molecule has 1 aliphatic heterocycles. The number of aromatic nitrogens is 1. The molecule has 1 aromatic heterocycles. The number of aliphatic hydroxyl groups is 1. The summed E-state index contributed by atoms with van der Waals surface area (Å²) >= 11 is 0. The molecule has 0 saturated heterocycles. The number of fused-ring (bicyclic) bond motifs is 2. The molecule has 2 bridgehead atoms. The highest BCUT2D eigenvalue weighted by Crippen LogP contribution is 2.20. The number of nitrogens with two attached hydrogens (primary N) is 1. The summed E-state index contributed by atoms with van der Waals surface area (Å²) in [5.41, 5.74) is 7.39. The summed E-state index contributed by atoms with van der Waals surface area (Å²) in [6.45, 7) is 0.967. The fraction of sp³-hybridized carbons (Fsp3) is 0.571. The van der Waals surface area contributed by atoms with Gasteiger partial charge in [0.05, 0.1) is 19.3 Å². The maximum atomic E-state index is 11.7. The highest BCUT2D eigenvalue weighted by atomic mass is 16.5. The SMILES string of the molecule is N[C@H]1COCCCCC=C=CCCCCOc2ccnc(c2)C[C@]1(O)C(=O)O. The summed E-state index contributed by atoms with van der Waals surface area (Å²) in [6, 6.07) is 2.27. The maximum Gasteiger partial charge on any atom is 0.337 e. The average molecular weight is 390 g/mol. The van der Waals surface area contributed by atoms with Gasteiger partial charge >= 0.3 is 5.97 Å². The van der Waals surface area contributed by atoms with E-state index in [1.807, 2.05) is 12.2 Å². The predicted molar refractivity (Wildman–Crippen MR) is 105 cm³/mol. The second kappa shape index (κ2) is 11.6. The summed E-state index contributed by atoms with van der Waals surface area (Å²) in [6.07, 6.45) is 10.9. The zero-order chi connectivity index (χ0) is 20.2. The van der Waals surface area contributed by atoms with Gasteiger partial charge in [0.1, 0.15) is 5.75 Å². The molecule has 2 heterocycles. The van der Waals surface area contributed by atoms with Crippen LogP contribution in [0.15, 0.2) is 36.2 Å². The zero-order valence-corrected chi connectivity index (χ0v) is 16.2. The minimum Gasteiger partial charge on any atom is -0.493 e. The molecular formula is C21H30N2O5. The smallest absolute Gasteiger partial charge is 0.337 e. The molecule has 7 heteroatoms. The van der Waals surface area contributed by atoms with Gasteiger partial charge in [0.25, 0.3) is 0 Å². The molecule has 0 radical (unpaired) electrons. The van der Waals surface area contributed by atoms with E-state index in [1.54, 1.807) is 12.1 Å². The zero-order valence-electron chi connectivity index (χ0n) is 16.2. The number of aliphatic carboxylic acids is 1. The van der Waals surface area contributed by atoms with Crippen LogP contribution in [-0.2, 0) is 16.0 Å². The van der Waals surface area contributed by atoms with Crippen LogP contribution in [0.4, 0.5) is 0 Å². The van der Waals surface area contributed by atoms with Gasteiger partial charge in [-0.2, -0.15) is 0 Å². The molecule has 0 aliphatic carbocycles. The largest absolute Gasteiger partial charge is 0.493 e.